The van der Waals surface area contributed by atoms with E-state index in [0.29, 0.717) is 11.1 Å². The van der Waals surface area contributed by atoms with Gasteiger partial charge in [0, 0.05) is 24.5 Å². The highest BCUT2D eigenvalue weighted by atomic mass is 16.5. The van der Waals surface area contributed by atoms with Gasteiger partial charge in [-0.05, 0) is 24.6 Å². The van der Waals surface area contributed by atoms with Gasteiger partial charge in [0.25, 0.3) is 0 Å². The van der Waals surface area contributed by atoms with Gasteiger partial charge in [-0.15, -0.1) is 0 Å². The molecule has 5 nitrogen and oxygen atoms in total. The van der Waals surface area contributed by atoms with Gasteiger partial charge in [-0.25, -0.2) is 4.79 Å². The summed E-state index contributed by atoms with van der Waals surface area (Å²) in [6.45, 7) is 0.724. The van der Waals surface area contributed by atoms with Crippen LogP contribution in [0.1, 0.15) is 28.0 Å². The van der Waals surface area contributed by atoms with Crippen molar-refractivity contribution in [2.24, 2.45) is 0 Å². The first-order chi connectivity index (χ1) is 10.3. The summed E-state index contributed by atoms with van der Waals surface area (Å²) >= 11 is 0. The molecule has 0 unspecified atom stereocenters. The zero-order chi connectivity index (χ0) is 14.8. The average Bonchev–Trinajstić information content (AvgIpc) is 2.89. The van der Waals surface area contributed by atoms with E-state index in [2.05, 4.69) is 11.1 Å². The summed E-state index contributed by atoms with van der Waals surface area (Å²) in [6, 6.07) is 5.85. The van der Waals surface area contributed by atoms with Crippen molar-refractivity contribution in [3.63, 3.8) is 0 Å². The highest BCUT2D eigenvalue weighted by molar-refractivity contribution is 5.99. The first-order valence-corrected chi connectivity index (χ1v) is 6.59. The first-order valence-electron chi connectivity index (χ1n) is 6.59. The predicted octanol–water partition coefficient (Wildman–Crippen LogP) is 2.63. The number of carbonyl (C=O) groups excluding carboxylic acids is 1. The number of hydrogen-bond donors (Lipinski definition) is 0. The number of ether oxygens (including phenoxy) is 1. The van der Waals surface area contributed by atoms with Crippen molar-refractivity contribution >= 4 is 12.0 Å². The fourth-order valence-corrected chi connectivity index (χ4v) is 2.66. The van der Waals surface area contributed by atoms with E-state index in [4.69, 9.17) is 4.74 Å². The maximum atomic E-state index is 12.1. The van der Waals surface area contributed by atoms with Crippen LogP contribution in [0.5, 0.6) is 0 Å². The van der Waals surface area contributed by atoms with E-state index in [1.165, 1.54) is 7.11 Å². The van der Waals surface area contributed by atoms with E-state index in [9.17, 15) is 10.1 Å². The summed E-state index contributed by atoms with van der Waals surface area (Å²) in [5.41, 5.74) is 2.95. The summed E-state index contributed by atoms with van der Waals surface area (Å²) in [5.74, 6) is -0.489. The monoisotopic (exact) mass is 279 g/mol. The zero-order valence-electron chi connectivity index (χ0n) is 11.5. The predicted molar refractivity (Wildman–Crippen MR) is 77.4 cm³/mol. The van der Waals surface area contributed by atoms with Gasteiger partial charge in [0.2, 0.25) is 0 Å². The topological polar surface area (TPSA) is 67.9 Å². The van der Waals surface area contributed by atoms with Gasteiger partial charge in [-0.2, -0.15) is 5.26 Å². The van der Waals surface area contributed by atoms with E-state index in [1.807, 2.05) is 28.9 Å². The number of carbonyl (C=O) groups is 1. The van der Waals surface area contributed by atoms with Crippen LogP contribution in [0, 0.1) is 11.3 Å². The lowest BCUT2D eigenvalue weighted by Crippen LogP contribution is -2.08. The number of hydrogen-bond acceptors (Lipinski definition) is 4. The molecule has 0 saturated heterocycles. The molecule has 1 aliphatic rings. The molecule has 0 aliphatic carbocycles. The summed E-state index contributed by atoms with van der Waals surface area (Å²) in [4.78, 5) is 16.2. The van der Waals surface area contributed by atoms with Gasteiger partial charge in [0.15, 0.2) is 0 Å². The lowest BCUT2D eigenvalue weighted by atomic mass is 10.1. The van der Waals surface area contributed by atoms with Gasteiger partial charge < -0.3 is 9.30 Å². The molecule has 5 heteroatoms. The third-order valence-corrected chi connectivity index (χ3v) is 3.54. The largest absolute Gasteiger partial charge is 0.465 e. The summed E-state index contributed by atoms with van der Waals surface area (Å²) in [6.07, 6.45) is 8.10. The Bertz CT molecular complexity index is 767. The molecule has 2 aromatic heterocycles. The van der Waals surface area contributed by atoms with Crippen LogP contribution < -0.4 is 0 Å². The van der Waals surface area contributed by atoms with Crippen molar-refractivity contribution in [3.8, 4) is 17.3 Å². The van der Waals surface area contributed by atoms with E-state index < -0.39 is 5.97 Å². The van der Waals surface area contributed by atoms with Crippen LogP contribution in [0.3, 0.4) is 0 Å². The van der Waals surface area contributed by atoms with Gasteiger partial charge >= 0.3 is 5.97 Å². The lowest BCUT2D eigenvalue weighted by Gasteiger charge is -2.14. The Morgan fingerprint density at radius 3 is 3.05 bits per heavy atom. The molecule has 0 saturated carbocycles. The summed E-state index contributed by atoms with van der Waals surface area (Å²) in [7, 11) is 1.32. The molecule has 0 radical (unpaired) electrons. The summed E-state index contributed by atoms with van der Waals surface area (Å²) in [5, 5.41) is 9.54. The van der Waals surface area contributed by atoms with Crippen molar-refractivity contribution in [1.82, 2.24) is 9.55 Å². The lowest BCUT2D eigenvalue weighted by molar-refractivity contribution is 0.0600. The highest BCUT2D eigenvalue weighted by Crippen LogP contribution is 2.34. The molecule has 3 heterocycles. The minimum Gasteiger partial charge on any atom is -0.465 e. The molecule has 0 bridgehead atoms. The van der Waals surface area contributed by atoms with Crippen LogP contribution in [-0.4, -0.2) is 22.6 Å². The fraction of sp³-hybridized carbons (Fsp3) is 0.188. The molecule has 2 aromatic rings. The van der Waals surface area contributed by atoms with Crippen molar-refractivity contribution < 1.29 is 9.53 Å². The second kappa shape index (κ2) is 5.25. The molecular weight excluding hydrogens is 266 g/mol. The van der Waals surface area contributed by atoms with Crippen molar-refractivity contribution in [2.45, 2.75) is 13.0 Å². The molecule has 0 atom stereocenters. The average molecular weight is 279 g/mol. The number of nitrogens with zero attached hydrogens (tertiary/aromatic N) is 3. The Balaban J connectivity index is 2.35. The second-order valence-electron chi connectivity index (χ2n) is 4.67. The molecule has 0 N–H and O–H groups in total. The van der Waals surface area contributed by atoms with Crippen molar-refractivity contribution in [2.75, 3.05) is 7.11 Å². The van der Waals surface area contributed by atoms with Gasteiger partial charge in [0.1, 0.15) is 11.6 Å². The Morgan fingerprint density at radius 1 is 1.52 bits per heavy atom. The van der Waals surface area contributed by atoms with Gasteiger partial charge in [-0.1, -0.05) is 6.08 Å². The molecule has 21 heavy (non-hydrogen) atoms. The number of allylic oxidation sites excluding steroid dienone is 1. The van der Waals surface area contributed by atoms with Crippen LogP contribution in [0.15, 0.2) is 30.6 Å². The van der Waals surface area contributed by atoms with E-state index in [-0.39, 0.29) is 0 Å². The Kier molecular flexibility index (Phi) is 3.28. The number of methoxy groups -OCH3 is 1. The third kappa shape index (κ3) is 2.01. The molecule has 1 aliphatic heterocycles. The molecule has 104 valence electrons. The fourth-order valence-electron chi connectivity index (χ4n) is 2.66. The minimum absolute atomic E-state index is 0.329. The van der Waals surface area contributed by atoms with Crippen LogP contribution in [0.2, 0.25) is 0 Å². The van der Waals surface area contributed by atoms with Crippen LogP contribution in [0.25, 0.3) is 17.3 Å². The van der Waals surface area contributed by atoms with Crippen LogP contribution >= 0.6 is 0 Å². The summed E-state index contributed by atoms with van der Waals surface area (Å²) < 4.78 is 6.83. The maximum absolute atomic E-state index is 12.1. The Morgan fingerprint density at radius 2 is 2.38 bits per heavy atom. The van der Waals surface area contributed by atoms with Gasteiger partial charge in [-0.3, -0.25) is 4.98 Å². The van der Waals surface area contributed by atoms with E-state index >= 15 is 0 Å². The van der Waals surface area contributed by atoms with Crippen molar-refractivity contribution in [1.29, 1.82) is 5.26 Å². The number of esters is 1. The maximum Gasteiger partial charge on any atom is 0.341 e. The van der Waals surface area contributed by atoms with Crippen LogP contribution in [0.4, 0.5) is 0 Å². The number of nitriles is 1. The quantitative estimate of drug-likeness (QED) is 0.792. The molecule has 0 amide bonds. The number of rotatable bonds is 2. The van der Waals surface area contributed by atoms with E-state index in [1.54, 1.807) is 12.4 Å². The smallest absolute Gasteiger partial charge is 0.341 e. The molecular formula is C16H13N3O2. The Labute approximate surface area is 122 Å². The normalized spacial score (nSPS) is 12.6. The molecule has 0 spiro atoms. The minimum atomic E-state index is -0.489. The van der Waals surface area contributed by atoms with Crippen LogP contribution in [-0.2, 0) is 11.3 Å². The highest BCUT2D eigenvalue weighted by Gasteiger charge is 2.28. The standard InChI is InChI=1S/C16H13N3O2/c1-21-16(20)14-12(9-17)15(11-5-4-7-18-10-11)19-8-3-2-6-13(14)19/h2,4-7,10H,3,8H2,1H3. The first kappa shape index (κ1) is 13.1. The Hall–Kier alpha value is -2.87. The number of aromatic nitrogens is 2. The van der Waals surface area contributed by atoms with Crippen molar-refractivity contribution in [3.05, 3.63) is 47.4 Å². The molecule has 3 rings (SSSR count). The number of pyridine rings is 1. The SMILES string of the molecule is COC(=O)c1c(C#N)c(-c2cccnc2)n2c1C=CCC2. The zero-order valence-corrected chi connectivity index (χ0v) is 11.5. The number of fused-ring (bicyclic) bond motifs is 1. The second-order valence-corrected chi connectivity index (χ2v) is 4.67. The third-order valence-electron chi connectivity index (χ3n) is 3.54. The van der Waals surface area contributed by atoms with E-state index in [0.717, 1.165) is 29.9 Å². The molecule has 0 fully saturated rings. The van der Waals surface area contributed by atoms with Gasteiger partial charge in [0.05, 0.1) is 24.1 Å². The molecule has 0 aromatic carbocycles.